The Labute approximate surface area is 140 Å². The van der Waals surface area contributed by atoms with Crippen LogP contribution in [0.4, 0.5) is 5.69 Å². The molecule has 2 aromatic rings. The number of hydrogen-bond donors (Lipinski definition) is 1. The van der Waals surface area contributed by atoms with E-state index >= 15 is 0 Å². The molecule has 0 saturated carbocycles. The van der Waals surface area contributed by atoms with Crippen LogP contribution in [-0.2, 0) is 5.41 Å². The molecule has 2 aromatic carbocycles. The Kier molecular flexibility index (Phi) is 5.34. The lowest BCUT2D eigenvalue weighted by Gasteiger charge is -2.29. The summed E-state index contributed by atoms with van der Waals surface area (Å²) < 4.78 is 0.920. The highest BCUT2D eigenvalue weighted by Crippen LogP contribution is 2.30. The summed E-state index contributed by atoms with van der Waals surface area (Å²) in [5, 5.41) is 4.28. The molecule has 1 N–H and O–H groups in total. The molecule has 2 rings (SSSR count). The number of rotatable bonds is 5. The molecule has 112 valence electrons. The van der Waals surface area contributed by atoms with E-state index in [2.05, 4.69) is 72.3 Å². The van der Waals surface area contributed by atoms with Crippen molar-refractivity contribution in [3.05, 3.63) is 63.6 Å². The third-order valence-corrected chi connectivity index (χ3v) is 4.92. The predicted molar refractivity (Wildman–Crippen MR) is 96.3 cm³/mol. The fourth-order valence-electron chi connectivity index (χ4n) is 2.69. The summed E-state index contributed by atoms with van der Waals surface area (Å²) >= 11 is 9.49. The Morgan fingerprint density at radius 1 is 1.14 bits per heavy atom. The van der Waals surface area contributed by atoms with Gasteiger partial charge in [-0.15, -0.1) is 0 Å². The van der Waals surface area contributed by atoms with Gasteiger partial charge in [0.25, 0.3) is 0 Å². The summed E-state index contributed by atoms with van der Waals surface area (Å²) in [6, 6.07) is 17.0. The zero-order valence-corrected chi connectivity index (χ0v) is 15.0. The fourth-order valence-corrected chi connectivity index (χ4v) is 3.19. The molecule has 1 nitrogen and oxygen atoms in total. The van der Waals surface area contributed by atoms with Crippen LogP contribution in [0.1, 0.15) is 32.8 Å². The van der Waals surface area contributed by atoms with Crippen molar-refractivity contribution in [1.82, 2.24) is 0 Å². The number of nitrogens with one attached hydrogen (secondary N) is 1. The van der Waals surface area contributed by atoms with E-state index in [1.807, 2.05) is 18.2 Å². The third-order valence-electron chi connectivity index (χ3n) is 3.70. The van der Waals surface area contributed by atoms with E-state index in [0.717, 1.165) is 21.6 Å². The third kappa shape index (κ3) is 4.49. The van der Waals surface area contributed by atoms with Crippen LogP contribution >= 0.6 is 27.5 Å². The van der Waals surface area contributed by atoms with Gasteiger partial charge in [0.15, 0.2) is 0 Å². The van der Waals surface area contributed by atoms with Crippen molar-refractivity contribution in [2.24, 2.45) is 0 Å². The fraction of sp³-hybridized carbons (Fsp3) is 0.333. The van der Waals surface area contributed by atoms with E-state index in [4.69, 9.17) is 11.6 Å². The van der Waals surface area contributed by atoms with Crippen LogP contribution < -0.4 is 5.32 Å². The van der Waals surface area contributed by atoms with E-state index in [0.29, 0.717) is 6.04 Å². The molecule has 1 unspecified atom stereocenters. The van der Waals surface area contributed by atoms with E-state index in [9.17, 15) is 0 Å². The number of benzene rings is 2. The Hall–Kier alpha value is -0.990. The Bertz CT molecular complexity index is 595. The number of anilines is 1. The highest BCUT2D eigenvalue weighted by Gasteiger charge is 2.23. The summed E-state index contributed by atoms with van der Waals surface area (Å²) in [4.78, 5) is 0. The van der Waals surface area contributed by atoms with E-state index < -0.39 is 0 Å². The van der Waals surface area contributed by atoms with Gasteiger partial charge in [0.2, 0.25) is 0 Å². The molecule has 0 radical (unpaired) electrons. The molecule has 21 heavy (non-hydrogen) atoms. The summed E-state index contributed by atoms with van der Waals surface area (Å²) in [5.41, 5.74) is 2.59. The highest BCUT2D eigenvalue weighted by atomic mass is 79.9. The summed E-state index contributed by atoms with van der Waals surface area (Å²) in [5.74, 6) is 0. The van der Waals surface area contributed by atoms with E-state index in [-0.39, 0.29) is 5.41 Å². The lowest BCUT2D eigenvalue weighted by Crippen LogP contribution is -2.27. The maximum Gasteiger partial charge on any atom is 0.0549 e. The highest BCUT2D eigenvalue weighted by molar-refractivity contribution is 9.10. The van der Waals surface area contributed by atoms with Gasteiger partial charge in [-0.05, 0) is 58.5 Å². The zero-order chi connectivity index (χ0) is 15.5. The largest absolute Gasteiger partial charge is 0.383 e. The first-order valence-corrected chi connectivity index (χ1v) is 8.33. The van der Waals surface area contributed by atoms with Crippen LogP contribution in [0.3, 0.4) is 0 Å². The maximum atomic E-state index is 6.03. The minimum atomic E-state index is 0.136. The number of hydrogen-bond acceptors (Lipinski definition) is 1. The van der Waals surface area contributed by atoms with Crippen molar-refractivity contribution in [3.8, 4) is 0 Å². The first kappa shape index (κ1) is 16.4. The molecular weight excluding hydrogens is 346 g/mol. The maximum absolute atomic E-state index is 6.03. The number of halogens is 2. The molecule has 1 atom stereocenters. The van der Waals surface area contributed by atoms with Crippen molar-refractivity contribution < 1.29 is 0 Å². The predicted octanol–water partition coefficient (Wildman–Crippen LogP) is 6.27. The standard InChI is InChI=1S/C18H21BrClN/c1-13(21-15-9-10-17(20)16(19)11-15)12-18(2,3)14-7-5-4-6-8-14/h4-11,13,21H,12H2,1-3H3. The topological polar surface area (TPSA) is 12.0 Å². The molecule has 0 heterocycles. The molecule has 0 amide bonds. The summed E-state index contributed by atoms with van der Waals surface area (Å²) in [6.45, 7) is 6.80. The minimum Gasteiger partial charge on any atom is -0.383 e. The summed E-state index contributed by atoms with van der Waals surface area (Å²) in [7, 11) is 0. The smallest absolute Gasteiger partial charge is 0.0549 e. The molecule has 0 aliphatic rings. The minimum absolute atomic E-state index is 0.136. The monoisotopic (exact) mass is 365 g/mol. The molecule has 0 aromatic heterocycles. The van der Waals surface area contributed by atoms with Crippen LogP contribution in [-0.4, -0.2) is 6.04 Å². The van der Waals surface area contributed by atoms with Crippen molar-refractivity contribution in [2.75, 3.05) is 5.32 Å². The Morgan fingerprint density at radius 2 is 1.81 bits per heavy atom. The van der Waals surface area contributed by atoms with Crippen LogP contribution in [0.2, 0.25) is 5.02 Å². The molecule has 0 bridgehead atoms. The van der Waals surface area contributed by atoms with Crippen molar-refractivity contribution >= 4 is 33.2 Å². The van der Waals surface area contributed by atoms with Gasteiger partial charge in [-0.2, -0.15) is 0 Å². The van der Waals surface area contributed by atoms with Gasteiger partial charge in [0.05, 0.1) is 5.02 Å². The van der Waals surface area contributed by atoms with Gasteiger partial charge in [0, 0.05) is 16.2 Å². The Balaban J connectivity index is 2.04. The molecule has 0 aliphatic heterocycles. The van der Waals surface area contributed by atoms with Crippen LogP contribution in [0.25, 0.3) is 0 Å². The average Bonchev–Trinajstić information content (AvgIpc) is 2.43. The van der Waals surface area contributed by atoms with E-state index in [1.54, 1.807) is 0 Å². The van der Waals surface area contributed by atoms with Crippen LogP contribution in [0.5, 0.6) is 0 Å². The molecule has 0 saturated heterocycles. The van der Waals surface area contributed by atoms with Gasteiger partial charge in [-0.3, -0.25) is 0 Å². The summed E-state index contributed by atoms with van der Waals surface area (Å²) in [6.07, 6.45) is 1.05. The van der Waals surface area contributed by atoms with Gasteiger partial charge in [-0.25, -0.2) is 0 Å². The average molecular weight is 367 g/mol. The quantitative estimate of drug-likeness (QED) is 0.657. The molecule has 0 spiro atoms. The molecule has 0 fully saturated rings. The van der Waals surface area contributed by atoms with Crippen molar-refractivity contribution in [3.63, 3.8) is 0 Å². The van der Waals surface area contributed by atoms with Gasteiger partial charge >= 0.3 is 0 Å². The normalized spacial score (nSPS) is 13.0. The molecule has 0 aliphatic carbocycles. The lowest BCUT2D eigenvalue weighted by molar-refractivity contribution is 0.450. The van der Waals surface area contributed by atoms with Gasteiger partial charge < -0.3 is 5.32 Å². The van der Waals surface area contributed by atoms with Crippen LogP contribution in [0, 0.1) is 0 Å². The second kappa shape index (κ2) is 6.85. The molecule has 3 heteroatoms. The SMILES string of the molecule is CC(CC(C)(C)c1ccccc1)Nc1ccc(Cl)c(Br)c1. The van der Waals surface area contributed by atoms with Gasteiger partial charge in [0.1, 0.15) is 0 Å². The zero-order valence-electron chi connectivity index (χ0n) is 12.7. The van der Waals surface area contributed by atoms with E-state index in [1.165, 1.54) is 5.56 Å². The second-order valence-electron chi connectivity index (χ2n) is 6.13. The van der Waals surface area contributed by atoms with Gasteiger partial charge in [-0.1, -0.05) is 55.8 Å². The second-order valence-corrected chi connectivity index (χ2v) is 7.39. The van der Waals surface area contributed by atoms with Crippen molar-refractivity contribution in [2.45, 2.75) is 38.6 Å². The van der Waals surface area contributed by atoms with Crippen molar-refractivity contribution in [1.29, 1.82) is 0 Å². The van der Waals surface area contributed by atoms with Crippen LogP contribution in [0.15, 0.2) is 53.0 Å². The Morgan fingerprint density at radius 3 is 2.43 bits per heavy atom. The first-order valence-electron chi connectivity index (χ1n) is 7.15. The first-order chi connectivity index (χ1) is 9.88. The molecular formula is C18H21BrClN. The lowest BCUT2D eigenvalue weighted by atomic mass is 9.79.